The lowest BCUT2D eigenvalue weighted by molar-refractivity contribution is -0.132. The predicted octanol–water partition coefficient (Wildman–Crippen LogP) is 4.42. The second-order valence-electron chi connectivity index (χ2n) is 14.5. The van der Waals surface area contributed by atoms with E-state index in [1.807, 2.05) is 42.3 Å². The number of rotatable bonds is 16. The maximum Gasteiger partial charge on any atom is 0.262 e. The number of pyridine rings is 2. The van der Waals surface area contributed by atoms with Crippen LogP contribution in [0.2, 0.25) is 0 Å². The van der Waals surface area contributed by atoms with Crippen molar-refractivity contribution < 1.29 is 33.4 Å². The quantitative estimate of drug-likeness (QED) is 0.0788. The minimum Gasteiger partial charge on any atom is -0.496 e. The van der Waals surface area contributed by atoms with E-state index in [0.717, 1.165) is 58.5 Å². The highest BCUT2D eigenvalue weighted by Gasteiger charge is 2.44. The van der Waals surface area contributed by atoms with Gasteiger partial charge in [-0.15, -0.1) is 5.10 Å². The molecule has 0 bridgehead atoms. The second kappa shape index (κ2) is 16.9. The number of ketones is 2. The van der Waals surface area contributed by atoms with Crippen molar-refractivity contribution in [3.8, 4) is 28.4 Å². The Morgan fingerprint density at radius 1 is 0.877 bits per heavy atom. The summed E-state index contributed by atoms with van der Waals surface area (Å²) < 4.78 is 21.0. The summed E-state index contributed by atoms with van der Waals surface area (Å²) in [6, 6.07) is 9.68. The zero-order chi connectivity index (χ0) is 40.2. The zero-order valence-electron chi connectivity index (χ0n) is 32.5. The SMILES string of the molecule is COc1cc(-c2cn(C)c(=O)c3cnccc23)cc(OC)c1CN(C)CCc1cn(CCCCCOc2ccc3c(c2)C(=O)N(C2CCC(=O)CC2=O)C3=O)nn1. The lowest BCUT2D eigenvalue weighted by atomic mass is 9.92. The first kappa shape index (κ1) is 39.0. The number of carbonyl (C=O) groups is 4. The highest BCUT2D eigenvalue weighted by Crippen LogP contribution is 2.38. The molecule has 1 aliphatic carbocycles. The van der Waals surface area contributed by atoms with Crippen molar-refractivity contribution in [2.75, 3.05) is 34.4 Å². The van der Waals surface area contributed by atoms with Crippen molar-refractivity contribution in [3.05, 3.63) is 93.9 Å². The van der Waals surface area contributed by atoms with Crippen LogP contribution in [0.1, 0.15) is 70.5 Å². The molecule has 0 radical (unpaired) electrons. The summed E-state index contributed by atoms with van der Waals surface area (Å²) >= 11 is 0. The number of benzene rings is 2. The monoisotopic (exact) mass is 775 g/mol. The minimum atomic E-state index is -0.896. The molecular weight excluding hydrogens is 731 g/mol. The molecule has 0 N–H and O–H groups in total. The molecule has 5 aromatic rings. The molecule has 1 saturated carbocycles. The van der Waals surface area contributed by atoms with Crippen molar-refractivity contribution >= 4 is 34.2 Å². The van der Waals surface area contributed by atoms with E-state index in [1.165, 1.54) is 0 Å². The number of imide groups is 1. The Labute approximate surface area is 329 Å². The van der Waals surface area contributed by atoms with E-state index < -0.39 is 23.6 Å². The fourth-order valence-corrected chi connectivity index (χ4v) is 7.54. The Balaban J connectivity index is 0.869. The van der Waals surface area contributed by atoms with Crippen LogP contribution >= 0.6 is 0 Å². The number of carbonyl (C=O) groups excluding carboxylic acids is 4. The van der Waals surface area contributed by atoms with E-state index in [1.54, 1.807) is 56.4 Å². The summed E-state index contributed by atoms with van der Waals surface area (Å²) in [6.07, 6.45) is 10.4. The van der Waals surface area contributed by atoms with Crippen molar-refractivity contribution in [1.29, 1.82) is 0 Å². The smallest absolute Gasteiger partial charge is 0.262 e. The topological polar surface area (TPSA) is 168 Å². The molecule has 4 heterocycles. The lowest BCUT2D eigenvalue weighted by Crippen LogP contribution is -2.47. The lowest BCUT2D eigenvalue weighted by Gasteiger charge is -2.27. The van der Waals surface area contributed by atoms with Gasteiger partial charge in [-0.2, -0.15) is 0 Å². The maximum atomic E-state index is 13.1. The van der Waals surface area contributed by atoms with E-state index in [2.05, 4.69) is 20.2 Å². The number of nitrogens with zero attached hydrogens (tertiary/aromatic N) is 7. The third kappa shape index (κ3) is 8.19. The molecular formula is C42H45N7O8. The van der Waals surface area contributed by atoms with E-state index >= 15 is 0 Å². The molecule has 0 spiro atoms. The Morgan fingerprint density at radius 3 is 2.40 bits per heavy atom. The number of unbranched alkanes of at least 4 members (excludes halogenated alkanes) is 2. The van der Waals surface area contributed by atoms with Gasteiger partial charge in [0.05, 0.1) is 61.1 Å². The predicted molar refractivity (Wildman–Crippen MR) is 210 cm³/mol. The molecule has 15 nitrogen and oxygen atoms in total. The van der Waals surface area contributed by atoms with Crippen LogP contribution in [-0.4, -0.2) is 98.2 Å². The summed E-state index contributed by atoms with van der Waals surface area (Å²) in [5, 5.41) is 10.0. The van der Waals surface area contributed by atoms with E-state index in [-0.39, 0.29) is 41.7 Å². The van der Waals surface area contributed by atoms with E-state index in [9.17, 15) is 24.0 Å². The number of hydrogen-bond donors (Lipinski definition) is 0. The number of ether oxygens (including phenoxy) is 3. The van der Waals surface area contributed by atoms with Gasteiger partial charge < -0.3 is 23.7 Å². The standard InChI is InChI=1S/C42H45N7O8/c1-46(24-35-38(55-3)18-26(19-39(35)56-4)34-25-47(2)40(52)33-22-43-14-12-30(33)34)16-13-27-23-48(45-44-27)15-6-5-7-17-57-29-9-10-31-32(21-29)42(54)49(41(31)53)36-11-8-28(50)20-37(36)51/h9-10,12,14,18-19,21-23,25,36H,5-8,11,13,15-17,20,24H2,1-4H3. The van der Waals surface area contributed by atoms with Gasteiger partial charge in [-0.25, -0.2) is 0 Å². The average molecular weight is 776 g/mol. The maximum absolute atomic E-state index is 13.1. The third-order valence-corrected chi connectivity index (χ3v) is 10.6. The first-order chi connectivity index (χ1) is 27.6. The molecule has 57 heavy (non-hydrogen) atoms. The number of aromatic nitrogens is 5. The van der Waals surface area contributed by atoms with E-state index in [4.69, 9.17) is 14.2 Å². The van der Waals surface area contributed by atoms with Gasteiger partial charge in [0.1, 0.15) is 23.0 Å². The first-order valence-electron chi connectivity index (χ1n) is 19.0. The van der Waals surface area contributed by atoms with Crippen molar-refractivity contribution in [2.24, 2.45) is 7.05 Å². The molecule has 2 amide bonds. The Bertz CT molecular complexity index is 2400. The second-order valence-corrected chi connectivity index (χ2v) is 14.5. The number of Topliss-reactive ketones (excluding diaryl/α,β-unsaturated/α-hetero) is 2. The molecule has 7 rings (SSSR count). The number of aryl methyl sites for hydroxylation is 2. The van der Waals surface area contributed by atoms with Crippen LogP contribution in [0.3, 0.4) is 0 Å². The highest BCUT2D eigenvalue weighted by molar-refractivity contribution is 6.23. The van der Waals surface area contributed by atoms with Crippen LogP contribution in [-0.2, 0) is 36.1 Å². The number of likely N-dealkylation sites (N-methyl/N-ethyl adjacent to an activating group) is 1. The molecule has 1 atom stereocenters. The number of hydrogen-bond acceptors (Lipinski definition) is 12. The van der Waals surface area contributed by atoms with Gasteiger partial charge in [0, 0.05) is 69.9 Å². The van der Waals surface area contributed by atoms with Gasteiger partial charge in [0.2, 0.25) is 0 Å². The average Bonchev–Trinajstić information content (AvgIpc) is 3.77. The van der Waals surface area contributed by atoms with Crippen LogP contribution in [0.25, 0.3) is 21.9 Å². The van der Waals surface area contributed by atoms with Gasteiger partial charge in [-0.1, -0.05) is 5.21 Å². The molecule has 1 fully saturated rings. The molecule has 3 aromatic heterocycles. The van der Waals surface area contributed by atoms with Gasteiger partial charge in [-0.05, 0) is 80.1 Å². The molecule has 0 saturated heterocycles. The van der Waals surface area contributed by atoms with Gasteiger partial charge >= 0.3 is 0 Å². The fourth-order valence-electron chi connectivity index (χ4n) is 7.54. The van der Waals surface area contributed by atoms with Crippen molar-refractivity contribution in [3.63, 3.8) is 0 Å². The van der Waals surface area contributed by atoms with Gasteiger partial charge in [0.15, 0.2) is 5.78 Å². The van der Waals surface area contributed by atoms with Crippen molar-refractivity contribution in [2.45, 2.75) is 64.1 Å². The fraction of sp³-hybridized carbons (Fsp3) is 0.381. The summed E-state index contributed by atoms with van der Waals surface area (Å²) in [6.45, 7) is 2.44. The Kier molecular flexibility index (Phi) is 11.6. The Hall–Kier alpha value is -6.22. The van der Waals surface area contributed by atoms with Gasteiger partial charge in [0.25, 0.3) is 17.4 Å². The third-order valence-electron chi connectivity index (χ3n) is 10.6. The molecule has 2 aromatic carbocycles. The summed E-state index contributed by atoms with van der Waals surface area (Å²) in [7, 11) is 7.04. The van der Waals surface area contributed by atoms with Crippen LogP contribution in [0.15, 0.2) is 66.0 Å². The number of amides is 2. The molecule has 1 unspecified atom stereocenters. The molecule has 2 aliphatic rings. The normalized spacial score (nSPS) is 15.5. The summed E-state index contributed by atoms with van der Waals surface area (Å²) in [4.78, 5) is 70.2. The molecule has 1 aliphatic heterocycles. The van der Waals surface area contributed by atoms with E-state index in [0.29, 0.717) is 48.8 Å². The van der Waals surface area contributed by atoms with Crippen molar-refractivity contribution in [1.82, 2.24) is 34.3 Å². The number of methoxy groups -OCH3 is 2. The Morgan fingerprint density at radius 2 is 1.65 bits per heavy atom. The first-order valence-corrected chi connectivity index (χ1v) is 19.0. The number of fused-ring (bicyclic) bond motifs is 2. The molecule has 15 heteroatoms. The van der Waals surface area contributed by atoms with Crippen LogP contribution in [0.5, 0.6) is 17.2 Å². The minimum absolute atomic E-state index is 0.110. The van der Waals surface area contributed by atoms with Crippen LogP contribution < -0.4 is 19.8 Å². The summed E-state index contributed by atoms with van der Waals surface area (Å²) in [5.41, 5.74) is 3.89. The zero-order valence-corrected chi connectivity index (χ0v) is 32.5. The van der Waals surface area contributed by atoms with Gasteiger partial charge in [-0.3, -0.25) is 38.5 Å². The molecule has 296 valence electrons. The van der Waals surface area contributed by atoms with Crippen LogP contribution in [0, 0.1) is 0 Å². The van der Waals surface area contributed by atoms with Crippen LogP contribution in [0.4, 0.5) is 0 Å². The highest BCUT2D eigenvalue weighted by atomic mass is 16.5. The largest absolute Gasteiger partial charge is 0.496 e. The summed E-state index contributed by atoms with van der Waals surface area (Å²) in [5.74, 6) is 0.263.